The summed E-state index contributed by atoms with van der Waals surface area (Å²) in [5.41, 5.74) is 0. The van der Waals surface area contributed by atoms with Gasteiger partial charge in [-0.2, -0.15) is 0 Å². The van der Waals surface area contributed by atoms with Crippen molar-refractivity contribution < 1.29 is 0 Å². The zero-order valence-electron chi connectivity index (χ0n) is 18.9. The van der Waals surface area contributed by atoms with Crippen molar-refractivity contribution in [2.45, 2.75) is 131 Å². The van der Waals surface area contributed by atoms with Crippen LogP contribution in [0.1, 0.15) is 118 Å². The first kappa shape index (κ1) is 26.1. The SMILES string of the molecule is CCCC/C=[C](/C#CCCCCC)[Sn]([CH2]CCC)([CH2]CCC)[CH2]CCC. The molecule has 0 unspecified atom stereocenters. The van der Waals surface area contributed by atoms with Gasteiger partial charge >= 0.3 is 171 Å². The van der Waals surface area contributed by atoms with Gasteiger partial charge in [-0.25, -0.2) is 0 Å². The van der Waals surface area contributed by atoms with Crippen molar-refractivity contribution in [2.24, 2.45) is 0 Å². The summed E-state index contributed by atoms with van der Waals surface area (Å²) in [5.74, 6) is 7.43. The third-order valence-electron chi connectivity index (χ3n) is 5.63. The molecule has 0 aromatic heterocycles. The third-order valence-corrected chi connectivity index (χ3v) is 21.1. The second-order valence-electron chi connectivity index (χ2n) is 8.11. The second-order valence-corrected chi connectivity index (χ2v) is 21.2. The van der Waals surface area contributed by atoms with Crippen LogP contribution in [-0.4, -0.2) is 18.4 Å². The van der Waals surface area contributed by atoms with Crippen LogP contribution in [0.15, 0.2) is 9.67 Å². The first-order valence-corrected chi connectivity index (χ1v) is 19.4. The fourth-order valence-corrected chi connectivity index (χ4v) is 19.7. The summed E-state index contributed by atoms with van der Waals surface area (Å²) in [5, 5.41) is 0. The molecule has 0 heterocycles. The van der Waals surface area contributed by atoms with E-state index in [-0.39, 0.29) is 0 Å². The molecule has 0 N–H and O–H groups in total. The van der Waals surface area contributed by atoms with E-state index in [9.17, 15) is 0 Å². The Labute approximate surface area is 170 Å². The van der Waals surface area contributed by atoms with Crippen LogP contribution in [0, 0.1) is 11.8 Å². The summed E-state index contributed by atoms with van der Waals surface area (Å²) in [6.07, 6.45) is 19.9. The van der Waals surface area contributed by atoms with Gasteiger partial charge < -0.3 is 0 Å². The first-order chi connectivity index (χ1) is 12.7. The molecule has 0 atom stereocenters. The summed E-state index contributed by atoms with van der Waals surface area (Å²) in [6, 6.07) is 0. The van der Waals surface area contributed by atoms with Gasteiger partial charge in [0.15, 0.2) is 0 Å². The molecule has 0 radical (unpaired) electrons. The van der Waals surface area contributed by atoms with Gasteiger partial charge in [0.05, 0.1) is 0 Å². The van der Waals surface area contributed by atoms with Crippen molar-refractivity contribution >= 4 is 18.4 Å². The predicted octanol–water partition coefficient (Wildman–Crippen LogP) is 9.08. The molecule has 0 aromatic rings. The average Bonchev–Trinajstić information content (AvgIpc) is 2.66. The molecule has 0 saturated heterocycles. The van der Waals surface area contributed by atoms with Crippen LogP contribution < -0.4 is 0 Å². The monoisotopic (exact) mass is 468 g/mol. The molecule has 0 saturated carbocycles. The Balaban J connectivity index is 5.55. The van der Waals surface area contributed by atoms with Gasteiger partial charge in [-0.3, -0.25) is 0 Å². The molecular weight excluding hydrogens is 419 g/mol. The third kappa shape index (κ3) is 11.7. The van der Waals surface area contributed by atoms with Gasteiger partial charge in [0, 0.05) is 0 Å². The quantitative estimate of drug-likeness (QED) is 0.121. The van der Waals surface area contributed by atoms with E-state index in [0.717, 1.165) is 6.42 Å². The van der Waals surface area contributed by atoms with Crippen molar-refractivity contribution in [3.63, 3.8) is 0 Å². The van der Waals surface area contributed by atoms with E-state index >= 15 is 0 Å². The van der Waals surface area contributed by atoms with E-state index in [4.69, 9.17) is 0 Å². The van der Waals surface area contributed by atoms with Crippen LogP contribution in [0.2, 0.25) is 13.3 Å². The molecule has 0 aliphatic carbocycles. The van der Waals surface area contributed by atoms with Gasteiger partial charge in [0.1, 0.15) is 0 Å². The zero-order valence-corrected chi connectivity index (χ0v) is 21.7. The van der Waals surface area contributed by atoms with Gasteiger partial charge in [0.25, 0.3) is 0 Å². The summed E-state index contributed by atoms with van der Waals surface area (Å²) in [6.45, 7) is 11.7. The fourth-order valence-electron chi connectivity index (χ4n) is 3.80. The van der Waals surface area contributed by atoms with Crippen molar-refractivity contribution in [1.82, 2.24) is 0 Å². The number of hydrogen-bond donors (Lipinski definition) is 0. The number of allylic oxidation sites excluding steroid dienone is 2. The average molecular weight is 467 g/mol. The topological polar surface area (TPSA) is 0 Å². The molecule has 0 aliphatic rings. The molecule has 1 heteroatoms. The molecule has 0 aliphatic heterocycles. The van der Waals surface area contributed by atoms with Gasteiger partial charge in [-0.1, -0.05) is 0 Å². The van der Waals surface area contributed by atoms with E-state index in [1.54, 1.807) is 16.9 Å². The number of hydrogen-bond acceptors (Lipinski definition) is 0. The van der Waals surface area contributed by atoms with Crippen LogP contribution in [0.5, 0.6) is 0 Å². The molecule has 152 valence electrons. The Morgan fingerprint density at radius 2 is 1.15 bits per heavy atom. The van der Waals surface area contributed by atoms with Crippen molar-refractivity contribution in [2.75, 3.05) is 0 Å². The summed E-state index contributed by atoms with van der Waals surface area (Å²) < 4.78 is 6.37. The molecule has 0 nitrogen and oxygen atoms in total. The Kier molecular flexibility index (Phi) is 18.5. The van der Waals surface area contributed by atoms with Crippen LogP contribution in [0.25, 0.3) is 0 Å². The predicted molar refractivity (Wildman–Crippen MR) is 124 cm³/mol. The normalized spacial score (nSPS) is 12.1. The fraction of sp³-hybridized carbons (Fsp3) is 0.840. The van der Waals surface area contributed by atoms with Crippen LogP contribution in [0.4, 0.5) is 0 Å². The van der Waals surface area contributed by atoms with Crippen LogP contribution >= 0.6 is 0 Å². The summed E-state index contributed by atoms with van der Waals surface area (Å²) >= 11 is -2.33. The van der Waals surface area contributed by atoms with Crippen LogP contribution in [-0.2, 0) is 0 Å². The number of rotatable bonds is 16. The standard InChI is InChI=1S/C13H21.3C4H9.Sn/c1-3-5-7-9-11-13-12-10-8-6-4-2;3*1-3-4-2;/h9H,3-8,10H2,1-2H3;3*1,3-4H2,2H3;. The van der Waals surface area contributed by atoms with E-state index in [1.165, 1.54) is 77.0 Å². The van der Waals surface area contributed by atoms with Crippen LogP contribution in [0.3, 0.4) is 0 Å². The van der Waals surface area contributed by atoms with E-state index in [2.05, 4.69) is 52.5 Å². The molecule has 0 bridgehead atoms. The Morgan fingerprint density at radius 1 is 0.654 bits per heavy atom. The maximum atomic E-state index is 3.81. The van der Waals surface area contributed by atoms with Crippen molar-refractivity contribution in [1.29, 1.82) is 0 Å². The first-order valence-electron chi connectivity index (χ1n) is 11.9. The maximum absolute atomic E-state index is 3.81. The van der Waals surface area contributed by atoms with E-state index in [0.29, 0.717) is 0 Å². The molecule has 0 fully saturated rings. The van der Waals surface area contributed by atoms with Crippen molar-refractivity contribution in [3.05, 3.63) is 9.67 Å². The van der Waals surface area contributed by atoms with Gasteiger partial charge in [-0.05, 0) is 0 Å². The van der Waals surface area contributed by atoms with E-state index < -0.39 is 18.4 Å². The minimum atomic E-state index is -2.33. The molecule has 0 spiro atoms. The molecule has 0 amide bonds. The summed E-state index contributed by atoms with van der Waals surface area (Å²) in [7, 11) is 0. The van der Waals surface area contributed by atoms with Gasteiger partial charge in [0.2, 0.25) is 0 Å². The van der Waals surface area contributed by atoms with E-state index in [1.807, 2.05) is 0 Å². The second kappa shape index (κ2) is 18.5. The van der Waals surface area contributed by atoms with Gasteiger partial charge in [-0.15, -0.1) is 0 Å². The zero-order chi connectivity index (χ0) is 19.5. The van der Waals surface area contributed by atoms with Crippen molar-refractivity contribution in [3.8, 4) is 11.8 Å². The molecule has 26 heavy (non-hydrogen) atoms. The number of unbranched alkanes of at least 4 members (excludes halogenated alkanes) is 8. The minimum absolute atomic E-state index is 1.11. The molecule has 0 rings (SSSR count). The Bertz CT molecular complexity index is 374. The molecular formula is C25H48Sn. The summed E-state index contributed by atoms with van der Waals surface area (Å²) in [4.78, 5) is 0. The Hall–Kier alpha value is 0.0987. The molecule has 0 aromatic carbocycles. The Morgan fingerprint density at radius 3 is 1.62 bits per heavy atom.